The maximum Gasteiger partial charge on any atom is 0.317 e. The average Bonchev–Trinajstić information content (AvgIpc) is 3.13. The summed E-state index contributed by atoms with van der Waals surface area (Å²) in [6.45, 7) is 2.50. The summed E-state index contributed by atoms with van der Waals surface area (Å²) >= 11 is 0. The van der Waals surface area contributed by atoms with Crippen LogP contribution in [0.15, 0.2) is 30.3 Å². The third kappa shape index (κ3) is 5.10. The van der Waals surface area contributed by atoms with Crippen LogP contribution in [-0.4, -0.2) is 34.1 Å². The summed E-state index contributed by atoms with van der Waals surface area (Å²) in [6.07, 6.45) is 0.808. The number of hydrogen-bond acceptors (Lipinski definition) is 7. The molecule has 134 valence electrons. The standard InChI is InChI=1S/C16H22N6O3/c1-11(8-17)7-13(14-19-16(21-20-14)22(18)10-23)15(24)25-9-12-5-3-2-4-6-12/h2-6,10-11,13H,7-9,17-18H2,1H3,(H,19,20,21)/t11?,13-/m0/s1. The van der Waals surface area contributed by atoms with Gasteiger partial charge >= 0.3 is 5.97 Å². The van der Waals surface area contributed by atoms with Gasteiger partial charge in [0, 0.05) is 0 Å². The summed E-state index contributed by atoms with van der Waals surface area (Å²) in [4.78, 5) is 27.4. The van der Waals surface area contributed by atoms with Crippen LogP contribution in [-0.2, 0) is 20.9 Å². The van der Waals surface area contributed by atoms with Crippen LogP contribution in [0.5, 0.6) is 0 Å². The molecule has 0 saturated carbocycles. The van der Waals surface area contributed by atoms with Crippen LogP contribution >= 0.6 is 0 Å². The quantitative estimate of drug-likeness (QED) is 0.197. The number of ether oxygens (including phenoxy) is 1. The second-order valence-electron chi connectivity index (χ2n) is 5.76. The second kappa shape index (κ2) is 8.90. The van der Waals surface area contributed by atoms with Gasteiger partial charge < -0.3 is 10.5 Å². The summed E-state index contributed by atoms with van der Waals surface area (Å²) in [5.74, 6) is 4.64. The molecule has 0 fully saturated rings. The Morgan fingerprint density at radius 2 is 2.12 bits per heavy atom. The molecular formula is C16H22N6O3. The van der Waals surface area contributed by atoms with Gasteiger partial charge in [-0.25, -0.2) is 10.9 Å². The monoisotopic (exact) mass is 346 g/mol. The van der Waals surface area contributed by atoms with E-state index < -0.39 is 11.9 Å². The number of hydrazine groups is 1. The maximum atomic E-state index is 12.6. The van der Waals surface area contributed by atoms with E-state index in [1.54, 1.807) is 0 Å². The number of aromatic nitrogens is 3. The van der Waals surface area contributed by atoms with Crippen molar-refractivity contribution in [2.24, 2.45) is 17.5 Å². The molecule has 0 radical (unpaired) electrons. The van der Waals surface area contributed by atoms with Crippen molar-refractivity contribution in [1.29, 1.82) is 0 Å². The van der Waals surface area contributed by atoms with E-state index in [1.165, 1.54) is 0 Å². The van der Waals surface area contributed by atoms with Crippen LogP contribution in [0.2, 0.25) is 0 Å². The van der Waals surface area contributed by atoms with Gasteiger partial charge in [0.05, 0.1) is 0 Å². The van der Waals surface area contributed by atoms with Gasteiger partial charge in [-0.1, -0.05) is 37.3 Å². The number of anilines is 1. The zero-order valence-electron chi connectivity index (χ0n) is 14.0. The molecule has 0 aliphatic heterocycles. The Morgan fingerprint density at radius 1 is 1.40 bits per heavy atom. The van der Waals surface area contributed by atoms with E-state index in [0.717, 1.165) is 10.6 Å². The molecule has 0 aliphatic rings. The van der Waals surface area contributed by atoms with Crippen LogP contribution in [0.25, 0.3) is 0 Å². The highest BCUT2D eigenvalue weighted by molar-refractivity contribution is 5.77. The molecule has 25 heavy (non-hydrogen) atoms. The van der Waals surface area contributed by atoms with Crippen LogP contribution < -0.4 is 16.6 Å². The summed E-state index contributed by atoms with van der Waals surface area (Å²) in [5, 5.41) is 7.20. The number of nitrogens with two attached hydrogens (primary N) is 2. The largest absolute Gasteiger partial charge is 0.460 e. The van der Waals surface area contributed by atoms with Crippen molar-refractivity contribution in [3.63, 3.8) is 0 Å². The Bertz CT molecular complexity index is 690. The van der Waals surface area contributed by atoms with E-state index >= 15 is 0 Å². The third-order valence-electron chi connectivity index (χ3n) is 3.71. The molecule has 0 bridgehead atoms. The van der Waals surface area contributed by atoms with Crippen LogP contribution in [0, 0.1) is 5.92 Å². The molecule has 0 aliphatic carbocycles. The lowest BCUT2D eigenvalue weighted by Crippen LogP contribution is -2.30. The van der Waals surface area contributed by atoms with Gasteiger partial charge in [-0.2, -0.15) is 4.98 Å². The predicted octanol–water partition coefficient (Wildman–Crippen LogP) is 0.453. The minimum atomic E-state index is -0.677. The molecule has 2 rings (SSSR count). The molecule has 1 aromatic heterocycles. The predicted molar refractivity (Wildman–Crippen MR) is 90.9 cm³/mol. The molecule has 9 heteroatoms. The highest BCUT2D eigenvalue weighted by Crippen LogP contribution is 2.24. The van der Waals surface area contributed by atoms with Gasteiger partial charge in [-0.3, -0.25) is 14.7 Å². The van der Waals surface area contributed by atoms with E-state index in [-0.39, 0.29) is 24.3 Å². The second-order valence-corrected chi connectivity index (χ2v) is 5.76. The van der Waals surface area contributed by atoms with Crippen molar-refractivity contribution in [3.05, 3.63) is 41.7 Å². The van der Waals surface area contributed by atoms with Crippen molar-refractivity contribution in [2.45, 2.75) is 25.9 Å². The van der Waals surface area contributed by atoms with Crippen LogP contribution in [0.1, 0.15) is 30.7 Å². The first-order valence-corrected chi connectivity index (χ1v) is 7.87. The number of aromatic amines is 1. The molecular weight excluding hydrogens is 324 g/mol. The first kappa shape index (κ1) is 18.6. The first-order chi connectivity index (χ1) is 12.0. The molecule has 2 atom stereocenters. The van der Waals surface area contributed by atoms with Crippen LogP contribution in [0.4, 0.5) is 5.95 Å². The number of esters is 1. The first-order valence-electron chi connectivity index (χ1n) is 7.87. The SMILES string of the molecule is CC(CN)C[C@H](C(=O)OCc1ccccc1)c1nc(N(N)C=O)n[nH]1. The molecule has 9 nitrogen and oxygen atoms in total. The van der Waals surface area contributed by atoms with Crippen molar-refractivity contribution in [1.82, 2.24) is 15.2 Å². The highest BCUT2D eigenvalue weighted by Gasteiger charge is 2.28. The minimum absolute atomic E-state index is 0.0220. The molecule has 1 aromatic carbocycles. The fraction of sp³-hybridized carbons (Fsp3) is 0.375. The number of hydrogen-bond donors (Lipinski definition) is 3. The zero-order chi connectivity index (χ0) is 18.2. The molecule has 1 amide bonds. The summed E-state index contributed by atoms with van der Waals surface area (Å²) in [6, 6.07) is 9.37. The topological polar surface area (TPSA) is 140 Å². The fourth-order valence-corrected chi connectivity index (χ4v) is 2.23. The molecule has 5 N–H and O–H groups in total. The average molecular weight is 346 g/mol. The molecule has 1 heterocycles. The van der Waals surface area contributed by atoms with Gasteiger partial charge in [0.15, 0.2) is 0 Å². The number of carbonyl (C=O) groups excluding carboxylic acids is 2. The van der Waals surface area contributed by atoms with Gasteiger partial charge in [-0.05, 0) is 24.4 Å². The smallest absolute Gasteiger partial charge is 0.317 e. The highest BCUT2D eigenvalue weighted by atomic mass is 16.5. The van der Waals surface area contributed by atoms with E-state index in [4.69, 9.17) is 16.3 Å². The third-order valence-corrected chi connectivity index (χ3v) is 3.71. The Kier molecular flexibility index (Phi) is 6.61. The number of amides is 1. The van der Waals surface area contributed by atoms with E-state index in [2.05, 4.69) is 15.2 Å². The Hall–Kier alpha value is -2.78. The Balaban J connectivity index is 2.12. The number of benzene rings is 1. The Morgan fingerprint density at radius 3 is 2.76 bits per heavy atom. The van der Waals surface area contributed by atoms with E-state index in [9.17, 15) is 9.59 Å². The summed E-state index contributed by atoms with van der Waals surface area (Å²) in [5.41, 5.74) is 6.55. The zero-order valence-corrected chi connectivity index (χ0v) is 14.0. The molecule has 0 saturated heterocycles. The Labute approximate surface area is 145 Å². The molecule has 0 spiro atoms. The van der Waals surface area contributed by atoms with Gasteiger partial charge in [0.2, 0.25) is 6.41 Å². The van der Waals surface area contributed by atoms with Crippen molar-refractivity contribution in [2.75, 3.05) is 11.6 Å². The summed E-state index contributed by atoms with van der Waals surface area (Å²) in [7, 11) is 0. The van der Waals surface area contributed by atoms with Gasteiger partial charge in [0.1, 0.15) is 18.3 Å². The normalized spacial score (nSPS) is 13.1. The number of H-pyrrole nitrogens is 1. The molecule has 1 unspecified atom stereocenters. The maximum absolute atomic E-state index is 12.6. The lowest BCUT2D eigenvalue weighted by Gasteiger charge is -2.17. The lowest BCUT2D eigenvalue weighted by atomic mass is 9.95. The van der Waals surface area contributed by atoms with Crippen molar-refractivity contribution >= 4 is 18.3 Å². The number of rotatable bonds is 9. The summed E-state index contributed by atoms with van der Waals surface area (Å²) < 4.78 is 5.40. The number of carbonyl (C=O) groups is 2. The van der Waals surface area contributed by atoms with Gasteiger partial charge in [-0.15, -0.1) is 5.10 Å². The van der Waals surface area contributed by atoms with Gasteiger partial charge in [0.25, 0.3) is 5.95 Å². The lowest BCUT2D eigenvalue weighted by molar-refractivity contribution is -0.147. The van der Waals surface area contributed by atoms with Crippen molar-refractivity contribution in [3.8, 4) is 0 Å². The fourth-order valence-electron chi connectivity index (χ4n) is 2.23. The van der Waals surface area contributed by atoms with Crippen LogP contribution in [0.3, 0.4) is 0 Å². The molecule has 2 aromatic rings. The minimum Gasteiger partial charge on any atom is -0.460 e. The number of nitrogens with one attached hydrogen (secondary N) is 1. The number of nitrogens with zero attached hydrogens (tertiary/aromatic N) is 3. The van der Waals surface area contributed by atoms with Crippen molar-refractivity contribution < 1.29 is 14.3 Å². The van der Waals surface area contributed by atoms with E-state index in [0.29, 0.717) is 19.4 Å². The van der Waals surface area contributed by atoms with E-state index in [1.807, 2.05) is 37.3 Å².